The van der Waals surface area contributed by atoms with Gasteiger partial charge in [0.1, 0.15) is 0 Å². The lowest BCUT2D eigenvalue weighted by atomic mass is 10.5. The fourth-order valence-corrected chi connectivity index (χ4v) is 2.56. The Kier molecular flexibility index (Phi) is 3.28. The van der Waals surface area contributed by atoms with Crippen LogP contribution in [0.4, 0.5) is 0 Å². The molecular weight excluding hydrogens is 187 g/mol. The number of rotatable bonds is 4. The van der Waals surface area contributed by atoms with E-state index in [4.69, 9.17) is 4.52 Å². The van der Waals surface area contributed by atoms with E-state index in [9.17, 15) is 4.57 Å². The molecule has 0 aliphatic carbocycles. The summed E-state index contributed by atoms with van der Waals surface area (Å²) >= 11 is 0. The first-order valence-corrected chi connectivity index (χ1v) is 6.49. The van der Waals surface area contributed by atoms with E-state index >= 15 is 0 Å². The van der Waals surface area contributed by atoms with Crippen LogP contribution in [-0.2, 0) is 22.3 Å². The Morgan fingerprint density at radius 2 is 2.38 bits per heavy atom. The molecule has 0 aliphatic heterocycles. The molecule has 1 heterocycles. The van der Waals surface area contributed by atoms with Gasteiger partial charge < -0.3 is 4.52 Å². The number of hydrogen-bond donors (Lipinski definition) is 0. The second-order valence-electron chi connectivity index (χ2n) is 3.07. The molecule has 1 atom stereocenters. The fraction of sp³-hybridized carbons (Fsp3) is 0.625. The van der Waals surface area contributed by atoms with E-state index in [1.54, 1.807) is 11.3 Å². The number of aryl methyl sites for hydroxylation is 1. The number of aromatic nitrogens is 2. The molecule has 0 saturated carbocycles. The third-order valence-electron chi connectivity index (χ3n) is 1.62. The van der Waals surface area contributed by atoms with Gasteiger partial charge in [-0.15, -0.1) is 0 Å². The van der Waals surface area contributed by atoms with Gasteiger partial charge in [-0.3, -0.25) is 9.25 Å². The Morgan fingerprint density at radius 3 is 2.85 bits per heavy atom. The SMILES string of the molecule is CCOP(C)(=O)Cc1ccn(C)n1. The van der Waals surface area contributed by atoms with Gasteiger partial charge in [0.15, 0.2) is 0 Å². The quantitative estimate of drug-likeness (QED) is 0.700. The summed E-state index contributed by atoms with van der Waals surface area (Å²) in [6, 6.07) is 1.86. The molecule has 5 heteroatoms. The van der Waals surface area contributed by atoms with Crippen LogP contribution < -0.4 is 0 Å². The fourth-order valence-electron chi connectivity index (χ4n) is 1.16. The van der Waals surface area contributed by atoms with E-state index in [1.807, 2.05) is 26.2 Å². The number of hydrogen-bond acceptors (Lipinski definition) is 3. The lowest BCUT2D eigenvalue weighted by Crippen LogP contribution is -1.95. The molecule has 0 bridgehead atoms. The van der Waals surface area contributed by atoms with Gasteiger partial charge in [-0.25, -0.2) is 0 Å². The van der Waals surface area contributed by atoms with Crippen molar-refractivity contribution in [3.8, 4) is 0 Å². The number of nitrogens with zero attached hydrogens (tertiary/aromatic N) is 2. The van der Waals surface area contributed by atoms with Crippen molar-refractivity contribution in [2.45, 2.75) is 13.1 Å². The van der Waals surface area contributed by atoms with Crippen molar-refractivity contribution in [2.24, 2.45) is 7.05 Å². The minimum Gasteiger partial charge on any atom is -0.329 e. The topological polar surface area (TPSA) is 44.1 Å². The van der Waals surface area contributed by atoms with Crippen LogP contribution >= 0.6 is 7.37 Å². The average Bonchev–Trinajstić information content (AvgIpc) is 2.34. The van der Waals surface area contributed by atoms with E-state index < -0.39 is 7.37 Å². The van der Waals surface area contributed by atoms with Crippen molar-refractivity contribution in [1.29, 1.82) is 0 Å². The maximum atomic E-state index is 11.7. The Hall–Kier alpha value is -0.600. The Balaban J connectivity index is 2.63. The first kappa shape index (κ1) is 10.5. The van der Waals surface area contributed by atoms with Gasteiger partial charge in [0.05, 0.1) is 18.5 Å². The zero-order valence-corrected chi connectivity index (χ0v) is 9.12. The molecule has 0 spiro atoms. The van der Waals surface area contributed by atoms with Crippen LogP contribution in [0.15, 0.2) is 12.3 Å². The van der Waals surface area contributed by atoms with Crippen LogP contribution in [0.25, 0.3) is 0 Å². The van der Waals surface area contributed by atoms with Crippen molar-refractivity contribution >= 4 is 7.37 Å². The largest absolute Gasteiger partial charge is 0.329 e. The predicted octanol–water partition coefficient (Wildman–Crippen LogP) is 1.86. The second kappa shape index (κ2) is 4.07. The Bertz CT molecular complexity index is 322. The highest BCUT2D eigenvalue weighted by Crippen LogP contribution is 2.45. The highest BCUT2D eigenvalue weighted by molar-refractivity contribution is 7.57. The lowest BCUT2D eigenvalue weighted by molar-refractivity contribution is 0.336. The van der Waals surface area contributed by atoms with Crippen LogP contribution in [0.1, 0.15) is 12.6 Å². The molecule has 13 heavy (non-hydrogen) atoms. The Morgan fingerprint density at radius 1 is 1.69 bits per heavy atom. The molecule has 4 nitrogen and oxygen atoms in total. The van der Waals surface area contributed by atoms with Crippen LogP contribution in [0.3, 0.4) is 0 Å². The summed E-state index contributed by atoms with van der Waals surface area (Å²) in [5.41, 5.74) is 0.821. The summed E-state index contributed by atoms with van der Waals surface area (Å²) in [6.45, 7) is 3.97. The van der Waals surface area contributed by atoms with Gasteiger partial charge in [-0.05, 0) is 13.0 Å². The lowest BCUT2D eigenvalue weighted by Gasteiger charge is -2.10. The van der Waals surface area contributed by atoms with Crippen molar-refractivity contribution in [1.82, 2.24) is 9.78 Å². The molecule has 1 aromatic heterocycles. The van der Waals surface area contributed by atoms with Crippen molar-refractivity contribution in [2.75, 3.05) is 13.3 Å². The standard InChI is InChI=1S/C8H15N2O2P/c1-4-12-13(3,11)7-8-5-6-10(2)9-8/h5-6H,4,7H2,1-3H3. The molecule has 0 aliphatic rings. The molecule has 1 unspecified atom stereocenters. The third kappa shape index (κ3) is 3.33. The van der Waals surface area contributed by atoms with Crippen LogP contribution in [0, 0.1) is 0 Å². The summed E-state index contributed by atoms with van der Waals surface area (Å²) in [7, 11) is -0.639. The highest BCUT2D eigenvalue weighted by Gasteiger charge is 2.17. The predicted molar refractivity (Wildman–Crippen MR) is 52.1 cm³/mol. The maximum Gasteiger partial charge on any atom is 0.206 e. The zero-order chi connectivity index (χ0) is 9.90. The average molecular weight is 202 g/mol. The zero-order valence-electron chi connectivity index (χ0n) is 8.23. The van der Waals surface area contributed by atoms with E-state index in [0.29, 0.717) is 12.8 Å². The third-order valence-corrected chi connectivity index (χ3v) is 3.32. The Labute approximate surface area is 78.4 Å². The van der Waals surface area contributed by atoms with E-state index in [-0.39, 0.29) is 0 Å². The normalized spacial score (nSPS) is 15.6. The second-order valence-corrected chi connectivity index (χ2v) is 5.67. The molecule has 1 aromatic rings. The summed E-state index contributed by atoms with van der Waals surface area (Å²) in [4.78, 5) is 0. The summed E-state index contributed by atoms with van der Waals surface area (Å²) in [5, 5.41) is 4.14. The molecule has 0 N–H and O–H groups in total. The maximum absolute atomic E-state index is 11.7. The summed E-state index contributed by atoms with van der Waals surface area (Å²) < 4.78 is 18.6. The minimum atomic E-state index is -2.48. The van der Waals surface area contributed by atoms with Gasteiger partial charge in [0.2, 0.25) is 7.37 Å². The van der Waals surface area contributed by atoms with Crippen molar-refractivity contribution in [3.05, 3.63) is 18.0 Å². The van der Waals surface area contributed by atoms with E-state index in [1.165, 1.54) is 0 Å². The van der Waals surface area contributed by atoms with Crippen molar-refractivity contribution in [3.63, 3.8) is 0 Å². The van der Waals surface area contributed by atoms with Gasteiger partial charge in [0.25, 0.3) is 0 Å². The molecule has 74 valence electrons. The first-order chi connectivity index (χ1) is 6.03. The minimum absolute atomic E-state index is 0.418. The summed E-state index contributed by atoms with van der Waals surface area (Å²) in [5.74, 6) is 0. The van der Waals surface area contributed by atoms with Gasteiger partial charge >= 0.3 is 0 Å². The molecule has 0 amide bonds. The van der Waals surface area contributed by atoms with Crippen LogP contribution in [0.2, 0.25) is 0 Å². The molecule has 0 radical (unpaired) electrons. The molecular formula is C8H15N2O2P. The first-order valence-electron chi connectivity index (χ1n) is 4.23. The van der Waals surface area contributed by atoms with E-state index in [0.717, 1.165) is 5.69 Å². The van der Waals surface area contributed by atoms with Crippen LogP contribution in [0.5, 0.6) is 0 Å². The van der Waals surface area contributed by atoms with E-state index in [2.05, 4.69) is 5.10 Å². The molecule has 0 aromatic carbocycles. The van der Waals surface area contributed by atoms with Gasteiger partial charge in [-0.2, -0.15) is 5.10 Å². The van der Waals surface area contributed by atoms with Gasteiger partial charge in [0, 0.05) is 19.9 Å². The highest BCUT2D eigenvalue weighted by atomic mass is 31.2. The van der Waals surface area contributed by atoms with Crippen molar-refractivity contribution < 1.29 is 9.09 Å². The van der Waals surface area contributed by atoms with Crippen LogP contribution in [-0.4, -0.2) is 23.1 Å². The van der Waals surface area contributed by atoms with Gasteiger partial charge in [-0.1, -0.05) is 0 Å². The summed E-state index contributed by atoms with van der Waals surface area (Å²) in [6.07, 6.45) is 2.25. The monoisotopic (exact) mass is 202 g/mol. The smallest absolute Gasteiger partial charge is 0.206 e. The molecule has 1 rings (SSSR count). The molecule has 0 saturated heterocycles. The molecule has 0 fully saturated rings.